The summed E-state index contributed by atoms with van der Waals surface area (Å²) in [4.78, 5) is 4.43. The van der Waals surface area contributed by atoms with Crippen LogP contribution in [0, 0.1) is 13.8 Å². The molecule has 0 amide bonds. The summed E-state index contributed by atoms with van der Waals surface area (Å²) in [5.41, 5.74) is 4.36. The van der Waals surface area contributed by atoms with Crippen LogP contribution in [0.1, 0.15) is 17.0 Å². The molecule has 2 aromatic heterocycles. The molecule has 0 fully saturated rings. The number of halogens is 1. The molecule has 2 nitrogen and oxygen atoms in total. The topological polar surface area (TPSA) is 17.3 Å². The van der Waals surface area contributed by atoms with Crippen molar-refractivity contribution in [2.75, 3.05) is 0 Å². The Kier molecular flexibility index (Phi) is 2.00. The number of rotatable bonds is 1. The molecule has 0 aliphatic carbocycles. The maximum absolute atomic E-state index is 5.74. The molecule has 2 aromatic rings. The average Bonchev–Trinajstić information content (AvgIpc) is 2.42. The maximum Gasteiger partial charge on any atom is 0.137 e. The first-order valence-electron chi connectivity index (χ1n) is 4.22. The second-order valence-corrected chi connectivity index (χ2v) is 3.45. The molecule has 0 aromatic carbocycles. The molecule has 13 heavy (non-hydrogen) atoms. The number of nitrogens with zero attached hydrogens (tertiary/aromatic N) is 2. The molecule has 0 aliphatic heterocycles. The first-order chi connectivity index (χ1) is 6.22. The highest BCUT2D eigenvalue weighted by molar-refractivity contribution is 6.17. The largest absolute Gasteiger partial charge is 0.304 e. The Bertz CT molecular complexity index is 445. The van der Waals surface area contributed by atoms with Crippen molar-refractivity contribution in [3.05, 3.63) is 35.3 Å². The van der Waals surface area contributed by atoms with Crippen LogP contribution >= 0.6 is 11.6 Å². The predicted octanol–water partition coefficient (Wildman–Crippen LogP) is 2.69. The van der Waals surface area contributed by atoms with Gasteiger partial charge in [-0.1, -0.05) is 0 Å². The van der Waals surface area contributed by atoms with E-state index in [1.807, 2.05) is 25.3 Å². The van der Waals surface area contributed by atoms with Crippen LogP contribution in [0.25, 0.3) is 5.65 Å². The van der Waals surface area contributed by atoms with E-state index in [2.05, 4.69) is 16.3 Å². The van der Waals surface area contributed by atoms with Gasteiger partial charge in [0.1, 0.15) is 5.65 Å². The van der Waals surface area contributed by atoms with E-state index < -0.39 is 0 Å². The number of hydrogen-bond acceptors (Lipinski definition) is 1. The molecule has 0 N–H and O–H groups in total. The fourth-order valence-corrected chi connectivity index (χ4v) is 1.58. The van der Waals surface area contributed by atoms with Gasteiger partial charge >= 0.3 is 0 Å². The minimum atomic E-state index is 0.543. The molecule has 2 heterocycles. The molecule has 0 aliphatic rings. The lowest BCUT2D eigenvalue weighted by molar-refractivity contribution is 1.09. The van der Waals surface area contributed by atoms with Gasteiger partial charge in [0.2, 0.25) is 0 Å². The quantitative estimate of drug-likeness (QED) is 0.638. The zero-order valence-corrected chi connectivity index (χ0v) is 8.47. The average molecular weight is 195 g/mol. The zero-order chi connectivity index (χ0) is 9.42. The summed E-state index contributed by atoms with van der Waals surface area (Å²) < 4.78 is 2.07. The summed E-state index contributed by atoms with van der Waals surface area (Å²) in [5.74, 6) is 0.543. The van der Waals surface area contributed by atoms with Gasteiger partial charge in [0.15, 0.2) is 0 Å². The van der Waals surface area contributed by atoms with Crippen molar-refractivity contribution in [3.8, 4) is 0 Å². The van der Waals surface area contributed by atoms with Crippen LogP contribution in [0.2, 0.25) is 0 Å². The van der Waals surface area contributed by atoms with E-state index in [9.17, 15) is 0 Å². The van der Waals surface area contributed by atoms with Crippen molar-refractivity contribution < 1.29 is 0 Å². The van der Waals surface area contributed by atoms with Gasteiger partial charge < -0.3 is 4.40 Å². The van der Waals surface area contributed by atoms with Crippen LogP contribution in [0.15, 0.2) is 18.3 Å². The van der Waals surface area contributed by atoms with Gasteiger partial charge in [-0.3, -0.25) is 0 Å². The van der Waals surface area contributed by atoms with E-state index in [1.54, 1.807) is 0 Å². The van der Waals surface area contributed by atoms with E-state index in [0.29, 0.717) is 5.88 Å². The maximum atomic E-state index is 5.74. The highest BCUT2D eigenvalue weighted by Crippen LogP contribution is 2.13. The van der Waals surface area contributed by atoms with Crippen LogP contribution in [-0.2, 0) is 5.88 Å². The summed E-state index contributed by atoms with van der Waals surface area (Å²) in [6.45, 7) is 4.08. The summed E-state index contributed by atoms with van der Waals surface area (Å²) in [6, 6.07) is 4.04. The lowest BCUT2D eigenvalue weighted by atomic mass is 10.3. The smallest absolute Gasteiger partial charge is 0.137 e. The van der Waals surface area contributed by atoms with Crippen molar-refractivity contribution in [2.45, 2.75) is 19.7 Å². The highest BCUT2D eigenvalue weighted by Gasteiger charge is 2.03. The lowest BCUT2D eigenvalue weighted by Crippen LogP contribution is -1.88. The minimum Gasteiger partial charge on any atom is -0.304 e. The molecule has 3 heteroatoms. The van der Waals surface area contributed by atoms with Gasteiger partial charge in [-0.2, -0.15) is 0 Å². The molecular formula is C10H11ClN2. The molecule has 0 unspecified atom stereocenters. The highest BCUT2D eigenvalue weighted by atomic mass is 35.5. The van der Waals surface area contributed by atoms with Crippen molar-refractivity contribution in [3.63, 3.8) is 0 Å². The molecule has 68 valence electrons. The van der Waals surface area contributed by atoms with Crippen molar-refractivity contribution in [2.24, 2.45) is 0 Å². The second kappa shape index (κ2) is 3.04. The second-order valence-electron chi connectivity index (χ2n) is 3.18. The predicted molar refractivity (Wildman–Crippen MR) is 54.2 cm³/mol. The zero-order valence-electron chi connectivity index (χ0n) is 7.71. The number of pyridine rings is 1. The van der Waals surface area contributed by atoms with Gasteiger partial charge in [0, 0.05) is 17.8 Å². The minimum absolute atomic E-state index is 0.543. The van der Waals surface area contributed by atoms with Gasteiger partial charge in [-0.05, 0) is 31.5 Å². The van der Waals surface area contributed by atoms with Crippen LogP contribution in [0.3, 0.4) is 0 Å². The van der Waals surface area contributed by atoms with Crippen LogP contribution < -0.4 is 0 Å². The number of hydrogen-bond donors (Lipinski definition) is 0. The first kappa shape index (κ1) is 8.57. The van der Waals surface area contributed by atoms with Gasteiger partial charge in [0.05, 0.1) is 5.69 Å². The van der Waals surface area contributed by atoms with Crippen LogP contribution in [0.5, 0.6) is 0 Å². The summed E-state index contributed by atoms with van der Waals surface area (Å²) >= 11 is 5.74. The molecule has 0 spiro atoms. The standard InChI is InChI=1S/C10H11ClN2/c1-7-8(2)13-4-3-9(6-11)5-10(13)12-7/h3-5H,6H2,1-2H3. The van der Waals surface area contributed by atoms with Crippen molar-refractivity contribution in [1.82, 2.24) is 9.38 Å². The molecule has 0 atom stereocenters. The molecule has 2 rings (SSSR count). The third-order valence-electron chi connectivity index (χ3n) is 2.32. The third kappa shape index (κ3) is 1.31. The molecule has 0 saturated heterocycles. The van der Waals surface area contributed by atoms with E-state index in [4.69, 9.17) is 11.6 Å². The number of imidazole rings is 1. The summed E-state index contributed by atoms with van der Waals surface area (Å²) in [6.07, 6.45) is 2.02. The Morgan fingerprint density at radius 3 is 2.92 bits per heavy atom. The Morgan fingerprint density at radius 2 is 2.23 bits per heavy atom. The lowest BCUT2D eigenvalue weighted by Gasteiger charge is -1.98. The molecule has 0 bridgehead atoms. The van der Waals surface area contributed by atoms with Gasteiger partial charge in [-0.25, -0.2) is 4.98 Å². The summed E-state index contributed by atoms with van der Waals surface area (Å²) in [5, 5.41) is 0. The summed E-state index contributed by atoms with van der Waals surface area (Å²) in [7, 11) is 0. The third-order valence-corrected chi connectivity index (χ3v) is 2.63. The number of fused-ring (bicyclic) bond motifs is 1. The Morgan fingerprint density at radius 1 is 1.46 bits per heavy atom. The Labute approximate surface area is 82.2 Å². The van der Waals surface area contributed by atoms with Gasteiger partial charge in [0.25, 0.3) is 0 Å². The fraction of sp³-hybridized carbons (Fsp3) is 0.300. The van der Waals surface area contributed by atoms with Gasteiger partial charge in [-0.15, -0.1) is 11.6 Å². The Balaban J connectivity index is 2.73. The van der Waals surface area contributed by atoms with E-state index in [-0.39, 0.29) is 0 Å². The van der Waals surface area contributed by atoms with Crippen molar-refractivity contribution in [1.29, 1.82) is 0 Å². The van der Waals surface area contributed by atoms with E-state index in [1.165, 1.54) is 5.69 Å². The van der Waals surface area contributed by atoms with Crippen LogP contribution in [-0.4, -0.2) is 9.38 Å². The molecule has 0 saturated carbocycles. The fourth-order valence-electron chi connectivity index (χ4n) is 1.41. The number of aromatic nitrogens is 2. The number of alkyl halides is 1. The first-order valence-corrected chi connectivity index (χ1v) is 4.76. The van der Waals surface area contributed by atoms with E-state index in [0.717, 1.165) is 16.9 Å². The molecule has 0 radical (unpaired) electrons. The SMILES string of the molecule is Cc1nc2cc(CCl)ccn2c1C. The Hall–Kier alpha value is -1.02. The number of aryl methyl sites for hydroxylation is 2. The molecular weight excluding hydrogens is 184 g/mol. The van der Waals surface area contributed by atoms with E-state index >= 15 is 0 Å². The normalized spacial score (nSPS) is 11.0. The monoisotopic (exact) mass is 194 g/mol. The van der Waals surface area contributed by atoms with Crippen molar-refractivity contribution >= 4 is 17.2 Å². The van der Waals surface area contributed by atoms with Crippen LogP contribution in [0.4, 0.5) is 0 Å².